The average molecular weight is 236 g/mol. The Morgan fingerprint density at radius 1 is 1.29 bits per heavy atom. The van der Waals surface area contributed by atoms with Crippen molar-refractivity contribution in [3.8, 4) is 6.07 Å². The molecule has 0 amide bonds. The van der Waals surface area contributed by atoms with Crippen molar-refractivity contribution in [2.45, 2.75) is 59.3 Å². The molecule has 0 radical (unpaired) electrons. The van der Waals surface area contributed by atoms with E-state index in [1.807, 2.05) is 13.8 Å². The summed E-state index contributed by atoms with van der Waals surface area (Å²) in [7, 11) is 0. The van der Waals surface area contributed by atoms with E-state index < -0.39 is 0 Å². The van der Waals surface area contributed by atoms with Crippen molar-refractivity contribution in [3.63, 3.8) is 0 Å². The number of nitriles is 1. The summed E-state index contributed by atoms with van der Waals surface area (Å²) in [6.45, 7) is 10.0. The minimum Gasteiger partial charge on any atom is -0.303 e. The lowest BCUT2D eigenvalue weighted by Crippen LogP contribution is -2.33. The molecule has 0 unspecified atom stereocenters. The second kappa shape index (κ2) is 7.01. The Kier molecular flexibility index (Phi) is 5.98. The number of hydrogen-bond donors (Lipinski definition) is 0. The molecule has 2 heteroatoms. The first-order valence-electron chi connectivity index (χ1n) is 7.21. The summed E-state index contributed by atoms with van der Waals surface area (Å²) in [5.41, 5.74) is -0.134. The molecule has 0 bridgehead atoms. The van der Waals surface area contributed by atoms with Crippen LogP contribution < -0.4 is 0 Å². The van der Waals surface area contributed by atoms with Crippen LogP contribution in [0, 0.1) is 22.7 Å². The zero-order chi connectivity index (χ0) is 12.7. The lowest BCUT2D eigenvalue weighted by Gasteiger charge is -2.31. The SMILES string of the molecule is CCN(CCCCC(C)(C)C#N)CC1CCC1. The van der Waals surface area contributed by atoms with Gasteiger partial charge in [-0.25, -0.2) is 0 Å². The third-order valence-corrected chi connectivity index (χ3v) is 4.02. The van der Waals surface area contributed by atoms with Crippen molar-refractivity contribution in [3.05, 3.63) is 0 Å². The summed E-state index contributed by atoms with van der Waals surface area (Å²) in [4.78, 5) is 2.59. The van der Waals surface area contributed by atoms with Crippen LogP contribution in [0.3, 0.4) is 0 Å². The van der Waals surface area contributed by atoms with Crippen LogP contribution in [0.25, 0.3) is 0 Å². The third-order valence-electron chi connectivity index (χ3n) is 4.02. The van der Waals surface area contributed by atoms with Crippen LogP contribution >= 0.6 is 0 Å². The Balaban J connectivity index is 2.09. The van der Waals surface area contributed by atoms with Gasteiger partial charge in [-0.2, -0.15) is 5.26 Å². The standard InChI is InChI=1S/C15H28N2/c1-4-17(12-14-8-7-9-14)11-6-5-10-15(2,3)13-16/h14H,4-12H2,1-3H3. The third kappa shape index (κ3) is 5.55. The Morgan fingerprint density at radius 2 is 2.00 bits per heavy atom. The second-order valence-electron chi connectivity index (χ2n) is 6.14. The highest BCUT2D eigenvalue weighted by Gasteiger charge is 2.20. The lowest BCUT2D eigenvalue weighted by atomic mass is 9.85. The van der Waals surface area contributed by atoms with E-state index in [1.165, 1.54) is 51.7 Å². The zero-order valence-corrected chi connectivity index (χ0v) is 11.8. The molecule has 0 heterocycles. The molecule has 1 saturated carbocycles. The van der Waals surface area contributed by atoms with Gasteiger partial charge in [0.1, 0.15) is 0 Å². The van der Waals surface area contributed by atoms with Crippen LogP contribution in [-0.4, -0.2) is 24.5 Å². The van der Waals surface area contributed by atoms with Crippen LogP contribution in [0.1, 0.15) is 59.3 Å². The molecule has 0 aromatic heterocycles. The van der Waals surface area contributed by atoms with Crippen LogP contribution in [0.5, 0.6) is 0 Å². The lowest BCUT2D eigenvalue weighted by molar-refractivity contribution is 0.180. The molecule has 17 heavy (non-hydrogen) atoms. The van der Waals surface area contributed by atoms with Crippen molar-refractivity contribution in [1.82, 2.24) is 4.90 Å². The molecule has 98 valence electrons. The van der Waals surface area contributed by atoms with Crippen molar-refractivity contribution >= 4 is 0 Å². The Morgan fingerprint density at radius 3 is 2.47 bits per heavy atom. The highest BCUT2D eigenvalue weighted by atomic mass is 15.1. The van der Waals surface area contributed by atoms with Crippen LogP contribution in [0.4, 0.5) is 0 Å². The summed E-state index contributed by atoms with van der Waals surface area (Å²) in [6.07, 6.45) is 7.78. The van der Waals surface area contributed by atoms with Gasteiger partial charge in [0.2, 0.25) is 0 Å². The highest BCUT2D eigenvalue weighted by Crippen LogP contribution is 2.27. The van der Waals surface area contributed by atoms with Gasteiger partial charge < -0.3 is 4.90 Å². The molecule has 1 rings (SSSR count). The molecule has 1 fully saturated rings. The minimum absolute atomic E-state index is 0.134. The van der Waals surface area contributed by atoms with E-state index in [4.69, 9.17) is 5.26 Å². The van der Waals surface area contributed by atoms with Crippen LogP contribution in [0.15, 0.2) is 0 Å². The van der Waals surface area contributed by atoms with E-state index in [2.05, 4.69) is 17.9 Å². The zero-order valence-electron chi connectivity index (χ0n) is 11.8. The predicted molar refractivity (Wildman–Crippen MR) is 72.7 cm³/mol. The number of hydrogen-bond acceptors (Lipinski definition) is 2. The highest BCUT2D eigenvalue weighted by molar-refractivity contribution is 4.91. The molecule has 1 aliphatic rings. The number of rotatable bonds is 8. The van der Waals surface area contributed by atoms with Crippen LogP contribution in [0.2, 0.25) is 0 Å². The molecule has 0 atom stereocenters. The average Bonchev–Trinajstić information content (AvgIpc) is 2.26. The molecule has 0 saturated heterocycles. The van der Waals surface area contributed by atoms with E-state index >= 15 is 0 Å². The minimum atomic E-state index is -0.134. The quantitative estimate of drug-likeness (QED) is 0.599. The second-order valence-corrected chi connectivity index (χ2v) is 6.14. The fourth-order valence-corrected chi connectivity index (χ4v) is 2.38. The van der Waals surface area contributed by atoms with Gasteiger partial charge in [0.15, 0.2) is 0 Å². The fraction of sp³-hybridized carbons (Fsp3) is 0.933. The maximum Gasteiger partial charge on any atom is 0.0683 e. The topological polar surface area (TPSA) is 27.0 Å². The summed E-state index contributed by atoms with van der Waals surface area (Å²) in [6, 6.07) is 2.38. The first-order chi connectivity index (χ1) is 8.07. The Hall–Kier alpha value is -0.550. The molecule has 0 aliphatic heterocycles. The summed E-state index contributed by atoms with van der Waals surface area (Å²) in [5, 5.41) is 8.95. The van der Waals surface area contributed by atoms with Gasteiger partial charge in [-0.3, -0.25) is 0 Å². The van der Waals surface area contributed by atoms with Crippen molar-refractivity contribution in [2.24, 2.45) is 11.3 Å². The Labute approximate surface area is 107 Å². The van der Waals surface area contributed by atoms with Crippen molar-refractivity contribution in [1.29, 1.82) is 5.26 Å². The monoisotopic (exact) mass is 236 g/mol. The van der Waals surface area contributed by atoms with E-state index in [0.29, 0.717) is 0 Å². The molecule has 2 nitrogen and oxygen atoms in total. The van der Waals surface area contributed by atoms with Gasteiger partial charge in [0, 0.05) is 6.54 Å². The van der Waals surface area contributed by atoms with Gasteiger partial charge >= 0.3 is 0 Å². The predicted octanol–water partition coefficient (Wildman–Crippen LogP) is 3.83. The number of nitrogens with zero attached hydrogens (tertiary/aromatic N) is 2. The smallest absolute Gasteiger partial charge is 0.0683 e. The van der Waals surface area contributed by atoms with Crippen LogP contribution in [-0.2, 0) is 0 Å². The molecular formula is C15H28N2. The first kappa shape index (κ1) is 14.5. The maximum atomic E-state index is 8.95. The van der Waals surface area contributed by atoms with Crippen molar-refractivity contribution < 1.29 is 0 Å². The maximum absolute atomic E-state index is 8.95. The fourth-order valence-electron chi connectivity index (χ4n) is 2.38. The van der Waals surface area contributed by atoms with Gasteiger partial charge in [0.25, 0.3) is 0 Å². The number of unbranched alkanes of at least 4 members (excludes halogenated alkanes) is 1. The molecular weight excluding hydrogens is 208 g/mol. The summed E-state index contributed by atoms with van der Waals surface area (Å²) in [5.74, 6) is 0.977. The summed E-state index contributed by atoms with van der Waals surface area (Å²) < 4.78 is 0. The van der Waals surface area contributed by atoms with Gasteiger partial charge in [-0.15, -0.1) is 0 Å². The van der Waals surface area contributed by atoms with E-state index in [-0.39, 0.29) is 5.41 Å². The van der Waals surface area contributed by atoms with Gasteiger partial charge in [-0.1, -0.05) is 19.8 Å². The molecule has 0 spiro atoms. The molecule has 0 aromatic carbocycles. The van der Waals surface area contributed by atoms with Gasteiger partial charge in [-0.05, 0) is 58.5 Å². The first-order valence-corrected chi connectivity index (χ1v) is 7.21. The Bertz CT molecular complexity index is 248. The molecule has 1 aliphatic carbocycles. The van der Waals surface area contributed by atoms with E-state index in [0.717, 1.165) is 12.3 Å². The van der Waals surface area contributed by atoms with Gasteiger partial charge in [0.05, 0.1) is 11.5 Å². The van der Waals surface area contributed by atoms with E-state index in [9.17, 15) is 0 Å². The summed E-state index contributed by atoms with van der Waals surface area (Å²) >= 11 is 0. The molecule has 0 N–H and O–H groups in total. The normalized spacial score (nSPS) is 16.9. The molecule has 0 aromatic rings. The van der Waals surface area contributed by atoms with Crippen molar-refractivity contribution in [2.75, 3.05) is 19.6 Å². The van der Waals surface area contributed by atoms with E-state index in [1.54, 1.807) is 0 Å². The largest absolute Gasteiger partial charge is 0.303 e.